The molecule has 0 bridgehead atoms. The van der Waals surface area contributed by atoms with E-state index >= 15 is 0 Å². The highest BCUT2D eigenvalue weighted by atomic mass is 35.5. The van der Waals surface area contributed by atoms with Gasteiger partial charge in [-0.25, -0.2) is 4.39 Å². The number of nitrogens with two attached hydrogens (primary N) is 1. The highest BCUT2D eigenvalue weighted by Crippen LogP contribution is 2.29. The van der Waals surface area contributed by atoms with Crippen LogP contribution in [0.25, 0.3) is 0 Å². The SMILES string of the molecule is CCOc1cc(Nc2cc(Cl)ccc2F)ccc1N. The quantitative estimate of drug-likeness (QED) is 0.825. The topological polar surface area (TPSA) is 47.3 Å². The fourth-order valence-corrected chi connectivity index (χ4v) is 1.81. The smallest absolute Gasteiger partial charge is 0.146 e. The third-order valence-electron chi connectivity index (χ3n) is 2.52. The van der Waals surface area contributed by atoms with Crippen LogP contribution < -0.4 is 15.8 Å². The molecule has 3 N–H and O–H groups in total. The van der Waals surface area contributed by atoms with Crippen molar-refractivity contribution < 1.29 is 9.13 Å². The van der Waals surface area contributed by atoms with Gasteiger partial charge in [0, 0.05) is 16.8 Å². The van der Waals surface area contributed by atoms with Crippen molar-refractivity contribution >= 4 is 28.7 Å². The van der Waals surface area contributed by atoms with Gasteiger partial charge in [0.25, 0.3) is 0 Å². The van der Waals surface area contributed by atoms with Crippen molar-refractivity contribution in [3.8, 4) is 5.75 Å². The molecule has 0 fully saturated rings. The molecule has 0 aliphatic rings. The summed E-state index contributed by atoms with van der Waals surface area (Å²) in [6, 6.07) is 9.50. The number of rotatable bonds is 4. The van der Waals surface area contributed by atoms with Gasteiger partial charge in [-0.1, -0.05) is 11.6 Å². The molecule has 100 valence electrons. The lowest BCUT2D eigenvalue weighted by Gasteiger charge is -2.11. The number of anilines is 3. The second kappa shape index (κ2) is 5.80. The Morgan fingerprint density at radius 1 is 1.26 bits per heavy atom. The molecule has 0 heterocycles. The Bertz CT molecular complexity index is 590. The molecule has 0 aliphatic carbocycles. The molecule has 0 atom stereocenters. The van der Waals surface area contributed by atoms with E-state index in [2.05, 4.69) is 5.32 Å². The van der Waals surface area contributed by atoms with E-state index in [1.807, 2.05) is 6.92 Å². The molecule has 0 amide bonds. The highest BCUT2D eigenvalue weighted by molar-refractivity contribution is 6.30. The number of ether oxygens (including phenoxy) is 1. The first-order chi connectivity index (χ1) is 9.10. The summed E-state index contributed by atoms with van der Waals surface area (Å²) in [7, 11) is 0. The Kier molecular flexibility index (Phi) is 4.12. The maximum absolute atomic E-state index is 13.6. The second-order valence-corrected chi connectivity index (χ2v) is 4.37. The van der Waals surface area contributed by atoms with Crippen LogP contribution in [0, 0.1) is 5.82 Å². The molecule has 0 saturated carbocycles. The van der Waals surface area contributed by atoms with Gasteiger partial charge >= 0.3 is 0 Å². The molecule has 19 heavy (non-hydrogen) atoms. The zero-order valence-corrected chi connectivity index (χ0v) is 11.2. The van der Waals surface area contributed by atoms with Crippen molar-refractivity contribution in [2.45, 2.75) is 6.92 Å². The molecule has 0 spiro atoms. The van der Waals surface area contributed by atoms with Crippen molar-refractivity contribution in [3.63, 3.8) is 0 Å². The zero-order chi connectivity index (χ0) is 13.8. The van der Waals surface area contributed by atoms with Crippen molar-refractivity contribution in [3.05, 3.63) is 47.2 Å². The summed E-state index contributed by atoms with van der Waals surface area (Å²) in [5.41, 5.74) is 7.30. The third-order valence-corrected chi connectivity index (χ3v) is 2.76. The van der Waals surface area contributed by atoms with E-state index in [1.165, 1.54) is 18.2 Å². The maximum Gasteiger partial charge on any atom is 0.146 e. The van der Waals surface area contributed by atoms with E-state index in [9.17, 15) is 4.39 Å². The predicted octanol–water partition coefficient (Wildman–Crippen LogP) is 4.20. The lowest BCUT2D eigenvalue weighted by Crippen LogP contribution is -1.99. The van der Waals surface area contributed by atoms with Gasteiger partial charge in [-0.2, -0.15) is 0 Å². The molecule has 0 aromatic heterocycles. The fraction of sp³-hybridized carbons (Fsp3) is 0.143. The summed E-state index contributed by atoms with van der Waals surface area (Å²) in [5.74, 6) is 0.189. The summed E-state index contributed by atoms with van der Waals surface area (Å²) in [6.45, 7) is 2.38. The Morgan fingerprint density at radius 2 is 2.05 bits per heavy atom. The van der Waals surface area contributed by atoms with E-state index in [-0.39, 0.29) is 5.82 Å². The molecule has 2 rings (SSSR count). The van der Waals surface area contributed by atoms with E-state index < -0.39 is 0 Å². The van der Waals surface area contributed by atoms with Gasteiger partial charge in [0.1, 0.15) is 11.6 Å². The number of nitrogens with one attached hydrogen (secondary N) is 1. The standard InChI is InChI=1S/C14H14ClFN2O/c1-2-19-14-8-10(4-6-12(14)17)18-13-7-9(15)3-5-11(13)16/h3-8,18H,2,17H2,1H3. The molecule has 0 unspecified atom stereocenters. The second-order valence-electron chi connectivity index (χ2n) is 3.93. The average Bonchev–Trinajstić information content (AvgIpc) is 2.38. The van der Waals surface area contributed by atoms with Gasteiger partial charge in [0.2, 0.25) is 0 Å². The van der Waals surface area contributed by atoms with Gasteiger partial charge in [-0.3, -0.25) is 0 Å². The zero-order valence-electron chi connectivity index (χ0n) is 10.4. The van der Waals surface area contributed by atoms with Crippen LogP contribution in [0.3, 0.4) is 0 Å². The minimum atomic E-state index is -0.376. The van der Waals surface area contributed by atoms with Crippen molar-refractivity contribution in [2.24, 2.45) is 0 Å². The number of hydrogen-bond donors (Lipinski definition) is 2. The number of hydrogen-bond acceptors (Lipinski definition) is 3. The lowest BCUT2D eigenvalue weighted by molar-refractivity contribution is 0.342. The molecule has 0 saturated heterocycles. The number of halogens is 2. The lowest BCUT2D eigenvalue weighted by atomic mass is 10.2. The first kappa shape index (κ1) is 13.5. The Labute approximate surface area is 116 Å². The minimum Gasteiger partial charge on any atom is -0.492 e. The first-order valence-corrected chi connectivity index (χ1v) is 6.22. The summed E-state index contributed by atoms with van der Waals surface area (Å²) in [5, 5.41) is 3.41. The van der Waals surface area contributed by atoms with Gasteiger partial charge in [0.15, 0.2) is 0 Å². The normalized spacial score (nSPS) is 10.3. The Hall–Kier alpha value is -1.94. The number of nitrogen functional groups attached to an aromatic ring is 1. The molecule has 5 heteroatoms. The Balaban J connectivity index is 2.28. The van der Waals surface area contributed by atoms with Gasteiger partial charge in [-0.05, 0) is 37.3 Å². The third kappa shape index (κ3) is 3.29. The Morgan fingerprint density at radius 3 is 2.79 bits per heavy atom. The van der Waals surface area contributed by atoms with Crippen LogP contribution >= 0.6 is 11.6 Å². The van der Waals surface area contributed by atoms with Crippen LogP contribution in [0.4, 0.5) is 21.5 Å². The molecule has 0 radical (unpaired) electrons. The largest absolute Gasteiger partial charge is 0.492 e. The van der Waals surface area contributed by atoms with Crippen LogP contribution in [0.15, 0.2) is 36.4 Å². The van der Waals surface area contributed by atoms with Crippen LogP contribution in [-0.4, -0.2) is 6.61 Å². The predicted molar refractivity (Wildman–Crippen MR) is 76.7 cm³/mol. The highest BCUT2D eigenvalue weighted by Gasteiger charge is 2.06. The summed E-state index contributed by atoms with van der Waals surface area (Å²) in [6.07, 6.45) is 0. The first-order valence-electron chi connectivity index (χ1n) is 5.84. The molecule has 2 aromatic rings. The van der Waals surface area contributed by atoms with E-state index in [1.54, 1.807) is 18.2 Å². The monoisotopic (exact) mass is 280 g/mol. The molecular weight excluding hydrogens is 267 g/mol. The van der Waals surface area contributed by atoms with Crippen LogP contribution in [0.5, 0.6) is 5.75 Å². The summed E-state index contributed by atoms with van der Waals surface area (Å²) >= 11 is 5.84. The van der Waals surface area contributed by atoms with Gasteiger partial charge in [0.05, 0.1) is 18.0 Å². The van der Waals surface area contributed by atoms with Crippen LogP contribution in [0.1, 0.15) is 6.92 Å². The van der Waals surface area contributed by atoms with Crippen LogP contribution in [0.2, 0.25) is 5.02 Å². The van der Waals surface area contributed by atoms with Crippen molar-refractivity contribution in [2.75, 3.05) is 17.7 Å². The van der Waals surface area contributed by atoms with Gasteiger partial charge < -0.3 is 15.8 Å². The van der Waals surface area contributed by atoms with E-state index in [0.717, 1.165) is 0 Å². The molecule has 2 aromatic carbocycles. The molecule has 3 nitrogen and oxygen atoms in total. The molecular formula is C14H14ClFN2O. The van der Waals surface area contributed by atoms with Gasteiger partial charge in [-0.15, -0.1) is 0 Å². The van der Waals surface area contributed by atoms with Crippen LogP contribution in [-0.2, 0) is 0 Å². The summed E-state index contributed by atoms with van der Waals surface area (Å²) < 4.78 is 19.0. The van der Waals surface area contributed by atoms with E-state index in [0.29, 0.717) is 34.4 Å². The summed E-state index contributed by atoms with van der Waals surface area (Å²) in [4.78, 5) is 0. The van der Waals surface area contributed by atoms with E-state index in [4.69, 9.17) is 22.1 Å². The fourth-order valence-electron chi connectivity index (χ4n) is 1.64. The van der Waals surface area contributed by atoms with Crippen molar-refractivity contribution in [1.29, 1.82) is 0 Å². The van der Waals surface area contributed by atoms with Crippen molar-refractivity contribution in [1.82, 2.24) is 0 Å². The average molecular weight is 281 g/mol. The number of benzene rings is 2. The molecule has 0 aliphatic heterocycles. The minimum absolute atomic E-state index is 0.305. The maximum atomic E-state index is 13.6.